The van der Waals surface area contributed by atoms with Crippen LogP contribution in [0, 0.1) is 5.92 Å². The molecule has 5 rings (SSSR count). The Bertz CT molecular complexity index is 801. The number of rotatable bonds is 2. The fraction of sp³-hybridized carbons (Fsp3) is 0.625. The average molecular weight is 312 g/mol. The van der Waals surface area contributed by atoms with Crippen LogP contribution in [0.1, 0.15) is 44.3 Å². The van der Waals surface area contributed by atoms with E-state index in [-0.39, 0.29) is 11.4 Å². The van der Waals surface area contributed by atoms with Gasteiger partial charge in [-0.15, -0.1) is 15.3 Å². The lowest BCUT2D eigenvalue weighted by Crippen LogP contribution is -2.44. The summed E-state index contributed by atoms with van der Waals surface area (Å²) in [5.74, 6) is 3.28. The van der Waals surface area contributed by atoms with Crippen molar-refractivity contribution < 1.29 is 4.79 Å². The van der Waals surface area contributed by atoms with Crippen molar-refractivity contribution in [3.8, 4) is 0 Å². The molecule has 2 aromatic heterocycles. The fourth-order valence-corrected chi connectivity index (χ4v) is 4.03. The summed E-state index contributed by atoms with van der Waals surface area (Å²) in [6, 6.07) is 4.00. The van der Waals surface area contributed by atoms with Gasteiger partial charge in [0.15, 0.2) is 11.5 Å². The molecule has 7 heteroatoms. The first-order valence-corrected chi connectivity index (χ1v) is 8.42. The van der Waals surface area contributed by atoms with E-state index in [1.165, 1.54) is 6.42 Å². The van der Waals surface area contributed by atoms with Gasteiger partial charge in [0, 0.05) is 25.4 Å². The highest BCUT2D eigenvalue weighted by Gasteiger charge is 2.44. The summed E-state index contributed by atoms with van der Waals surface area (Å²) in [6.45, 7) is 4.01. The third-order valence-corrected chi connectivity index (χ3v) is 5.63. The first kappa shape index (κ1) is 13.3. The molecule has 1 saturated carbocycles. The van der Waals surface area contributed by atoms with Crippen LogP contribution in [0.2, 0.25) is 0 Å². The fourth-order valence-electron chi connectivity index (χ4n) is 4.03. The number of nitrogens with one attached hydrogen (secondary N) is 1. The summed E-state index contributed by atoms with van der Waals surface area (Å²) >= 11 is 0. The van der Waals surface area contributed by atoms with Crippen molar-refractivity contribution in [3.63, 3.8) is 0 Å². The van der Waals surface area contributed by atoms with Crippen LogP contribution in [-0.2, 0) is 4.79 Å². The molecule has 0 bridgehead atoms. The standard InChI is InChI=1S/C16H20N6O/c1-10-8-11(10)15-19-18-12-2-3-13(20-22(12)15)21-7-6-16(9-21)5-4-14(23)17-16/h2-3,10-11H,4-9H2,1H3,(H,17,23). The van der Waals surface area contributed by atoms with Crippen LogP contribution in [0.4, 0.5) is 5.82 Å². The molecule has 1 amide bonds. The zero-order chi connectivity index (χ0) is 15.6. The average Bonchev–Trinajstić information content (AvgIpc) is 2.96. The van der Waals surface area contributed by atoms with Gasteiger partial charge in [0.2, 0.25) is 5.91 Å². The minimum absolute atomic E-state index is 0.0469. The highest BCUT2D eigenvalue weighted by molar-refractivity contribution is 5.79. The summed E-state index contributed by atoms with van der Waals surface area (Å²) in [4.78, 5) is 13.8. The molecule has 3 atom stereocenters. The zero-order valence-corrected chi connectivity index (χ0v) is 13.2. The van der Waals surface area contributed by atoms with Gasteiger partial charge in [0.1, 0.15) is 5.82 Å². The van der Waals surface area contributed by atoms with E-state index < -0.39 is 0 Å². The van der Waals surface area contributed by atoms with E-state index in [2.05, 4.69) is 27.3 Å². The molecule has 4 heterocycles. The lowest BCUT2D eigenvalue weighted by Gasteiger charge is -2.24. The molecule has 1 N–H and O–H groups in total. The summed E-state index contributed by atoms with van der Waals surface area (Å²) in [7, 11) is 0. The van der Waals surface area contributed by atoms with Crippen LogP contribution in [0.25, 0.3) is 5.65 Å². The third-order valence-electron chi connectivity index (χ3n) is 5.63. The maximum atomic E-state index is 11.6. The monoisotopic (exact) mass is 312 g/mol. The van der Waals surface area contributed by atoms with Crippen molar-refractivity contribution in [3.05, 3.63) is 18.0 Å². The van der Waals surface area contributed by atoms with E-state index in [0.29, 0.717) is 18.3 Å². The lowest BCUT2D eigenvalue weighted by molar-refractivity contribution is -0.119. The molecule has 3 unspecified atom stereocenters. The third kappa shape index (κ3) is 2.02. The minimum atomic E-state index is -0.0469. The first-order valence-electron chi connectivity index (χ1n) is 8.42. The minimum Gasteiger partial charge on any atom is -0.353 e. The topological polar surface area (TPSA) is 75.4 Å². The van der Waals surface area contributed by atoms with E-state index >= 15 is 0 Å². The highest BCUT2D eigenvalue weighted by Crippen LogP contribution is 2.46. The van der Waals surface area contributed by atoms with Crippen molar-refractivity contribution in [2.75, 3.05) is 18.0 Å². The number of nitrogens with zero attached hydrogens (tertiary/aromatic N) is 5. The molecule has 3 fully saturated rings. The summed E-state index contributed by atoms with van der Waals surface area (Å²) < 4.78 is 1.90. The largest absolute Gasteiger partial charge is 0.353 e. The van der Waals surface area contributed by atoms with E-state index in [4.69, 9.17) is 5.10 Å². The Balaban J connectivity index is 1.46. The van der Waals surface area contributed by atoms with Gasteiger partial charge in [-0.25, -0.2) is 0 Å². The van der Waals surface area contributed by atoms with E-state index in [1.807, 2.05) is 16.6 Å². The predicted octanol–water partition coefficient (Wildman–Crippen LogP) is 1.11. The van der Waals surface area contributed by atoms with Crippen molar-refractivity contribution in [2.45, 2.75) is 44.1 Å². The lowest BCUT2D eigenvalue weighted by atomic mass is 9.97. The Morgan fingerprint density at radius 1 is 1.30 bits per heavy atom. The van der Waals surface area contributed by atoms with Gasteiger partial charge < -0.3 is 10.2 Å². The van der Waals surface area contributed by atoms with Gasteiger partial charge in [-0.3, -0.25) is 4.79 Å². The number of carbonyl (C=O) groups excluding carboxylic acids is 1. The number of anilines is 1. The summed E-state index contributed by atoms with van der Waals surface area (Å²) in [5, 5.41) is 16.5. The van der Waals surface area contributed by atoms with Gasteiger partial charge in [0.25, 0.3) is 0 Å². The molecule has 0 aromatic carbocycles. The van der Waals surface area contributed by atoms with Crippen molar-refractivity contribution in [1.29, 1.82) is 0 Å². The Kier molecular flexibility index (Phi) is 2.56. The molecule has 2 saturated heterocycles. The molecular formula is C16H20N6O. The molecule has 2 aromatic rings. The van der Waals surface area contributed by atoms with E-state index in [9.17, 15) is 4.79 Å². The van der Waals surface area contributed by atoms with Crippen LogP contribution >= 0.6 is 0 Å². The Hall–Kier alpha value is -2.18. The van der Waals surface area contributed by atoms with Gasteiger partial charge in [0.05, 0.1) is 5.54 Å². The number of hydrogen-bond donors (Lipinski definition) is 1. The van der Waals surface area contributed by atoms with E-state index in [0.717, 1.165) is 43.2 Å². The maximum Gasteiger partial charge on any atom is 0.220 e. The predicted molar refractivity (Wildman–Crippen MR) is 84.2 cm³/mol. The number of hydrogen-bond acceptors (Lipinski definition) is 5. The Morgan fingerprint density at radius 3 is 2.91 bits per heavy atom. The zero-order valence-electron chi connectivity index (χ0n) is 13.2. The normalized spacial score (nSPS) is 32.9. The molecule has 1 aliphatic carbocycles. The second-order valence-electron chi connectivity index (χ2n) is 7.34. The van der Waals surface area contributed by atoms with Crippen LogP contribution in [0.5, 0.6) is 0 Å². The molecular weight excluding hydrogens is 292 g/mol. The van der Waals surface area contributed by atoms with Crippen molar-refractivity contribution in [1.82, 2.24) is 25.1 Å². The number of aromatic nitrogens is 4. The molecule has 3 aliphatic rings. The maximum absolute atomic E-state index is 11.6. The van der Waals surface area contributed by atoms with Gasteiger partial charge in [-0.1, -0.05) is 6.92 Å². The molecule has 7 nitrogen and oxygen atoms in total. The van der Waals surface area contributed by atoms with Gasteiger partial charge >= 0.3 is 0 Å². The molecule has 1 spiro atoms. The van der Waals surface area contributed by atoms with Crippen LogP contribution < -0.4 is 10.2 Å². The number of amides is 1. The van der Waals surface area contributed by atoms with Crippen LogP contribution in [0.3, 0.4) is 0 Å². The molecule has 23 heavy (non-hydrogen) atoms. The van der Waals surface area contributed by atoms with Gasteiger partial charge in [-0.05, 0) is 37.3 Å². The van der Waals surface area contributed by atoms with E-state index in [1.54, 1.807) is 0 Å². The highest BCUT2D eigenvalue weighted by atomic mass is 16.2. The second-order valence-corrected chi connectivity index (χ2v) is 7.34. The number of carbonyl (C=O) groups is 1. The molecule has 120 valence electrons. The first-order chi connectivity index (χ1) is 11.1. The Morgan fingerprint density at radius 2 is 2.17 bits per heavy atom. The smallest absolute Gasteiger partial charge is 0.220 e. The quantitative estimate of drug-likeness (QED) is 0.899. The van der Waals surface area contributed by atoms with Crippen LogP contribution in [-0.4, -0.2) is 44.3 Å². The molecule has 0 radical (unpaired) electrons. The molecule has 2 aliphatic heterocycles. The summed E-state index contributed by atoms with van der Waals surface area (Å²) in [5.41, 5.74) is 0.764. The van der Waals surface area contributed by atoms with Crippen LogP contribution in [0.15, 0.2) is 12.1 Å². The second kappa shape index (κ2) is 4.43. The SMILES string of the molecule is CC1CC1c1nnc2ccc(N3CCC4(CCC(=O)N4)C3)nn12. The Labute approximate surface area is 134 Å². The number of fused-ring (bicyclic) bond motifs is 1. The van der Waals surface area contributed by atoms with Crippen molar-refractivity contribution in [2.24, 2.45) is 5.92 Å². The summed E-state index contributed by atoms with van der Waals surface area (Å²) in [6.07, 6.45) is 3.75. The van der Waals surface area contributed by atoms with Crippen molar-refractivity contribution >= 4 is 17.4 Å². The van der Waals surface area contributed by atoms with Gasteiger partial charge in [-0.2, -0.15) is 4.52 Å².